The van der Waals surface area contributed by atoms with Crippen molar-refractivity contribution in [1.82, 2.24) is 0 Å². The van der Waals surface area contributed by atoms with Crippen molar-refractivity contribution in [2.45, 2.75) is 0 Å². The number of ether oxygens (including phenoxy) is 2. The number of fused-ring (bicyclic) bond motifs is 1. The Morgan fingerprint density at radius 3 is 2.91 bits per heavy atom. The second kappa shape index (κ2) is 4.85. The molecule has 0 spiro atoms. The van der Waals surface area contributed by atoms with Gasteiger partial charge >= 0.3 is 23.1 Å². The van der Waals surface area contributed by atoms with Gasteiger partial charge in [-0.05, 0) is 0 Å². The van der Waals surface area contributed by atoms with E-state index in [1.54, 1.807) is 6.07 Å². The maximum absolute atomic E-state index is 5.04. The molecule has 0 aromatic heterocycles. The average molecular weight is 225 g/mol. The van der Waals surface area contributed by atoms with E-state index in [2.05, 4.69) is 6.07 Å². The largest absolute Gasteiger partial charge is 2.00 e. The molecule has 0 atom stereocenters. The number of hydrogen-bond donors (Lipinski definition) is 0. The topological polar surface area (TPSA) is 18.5 Å². The summed E-state index contributed by atoms with van der Waals surface area (Å²) in [6, 6.07) is 8.43. The van der Waals surface area contributed by atoms with Crippen molar-refractivity contribution in [2.24, 2.45) is 0 Å². The molecule has 2 nitrogen and oxygen atoms in total. The molecule has 1 aromatic rings. The Kier molecular flexibility index (Phi) is 4.88. The van der Waals surface area contributed by atoms with Gasteiger partial charge in [0.05, 0.1) is 11.5 Å². The minimum absolute atomic E-state index is 0. The fourth-order valence-electron chi connectivity index (χ4n) is 0.784. The van der Waals surface area contributed by atoms with Crippen LogP contribution >= 0.6 is 0 Å². The summed E-state index contributed by atoms with van der Waals surface area (Å²) < 4.78 is 10.1. The third-order valence-electron chi connectivity index (χ3n) is 1.20. The standard InChI is InChI=1S/C7H5O2.BrH.Mg/c1-2-4-7-6(3-1)8-5-9-7;;/h1-3H,5H2;1H;/q-1;;+2/p-1. The first-order valence-corrected chi connectivity index (χ1v) is 2.73. The number of hydrogen-bond acceptors (Lipinski definition) is 2. The first-order valence-electron chi connectivity index (χ1n) is 2.73. The molecule has 0 bridgehead atoms. The molecule has 0 amide bonds. The second-order valence-electron chi connectivity index (χ2n) is 1.77. The molecule has 4 heteroatoms. The van der Waals surface area contributed by atoms with Crippen LogP contribution in [0.2, 0.25) is 0 Å². The van der Waals surface area contributed by atoms with E-state index in [1.807, 2.05) is 12.1 Å². The van der Waals surface area contributed by atoms with Gasteiger partial charge in [-0.2, -0.15) is 12.1 Å². The summed E-state index contributed by atoms with van der Waals surface area (Å²) in [5.74, 6) is 1.51. The van der Waals surface area contributed by atoms with E-state index in [1.165, 1.54) is 0 Å². The summed E-state index contributed by atoms with van der Waals surface area (Å²) in [6.07, 6.45) is 0. The van der Waals surface area contributed by atoms with Crippen molar-refractivity contribution in [3.8, 4) is 11.5 Å². The molecule has 0 saturated carbocycles. The molecule has 11 heavy (non-hydrogen) atoms. The van der Waals surface area contributed by atoms with Crippen LogP contribution in [-0.4, -0.2) is 29.8 Å². The third kappa shape index (κ3) is 2.25. The first kappa shape index (κ1) is 11.1. The quantitative estimate of drug-likeness (QED) is 0.370. The van der Waals surface area contributed by atoms with Crippen LogP contribution in [0.3, 0.4) is 0 Å². The Hall–Kier alpha value is 0.0662. The normalized spacial score (nSPS) is 11.3. The van der Waals surface area contributed by atoms with Crippen molar-refractivity contribution >= 4 is 23.1 Å². The van der Waals surface area contributed by atoms with Gasteiger partial charge in [0.25, 0.3) is 0 Å². The summed E-state index contributed by atoms with van der Waals surface area (Å²) >= 11 is 0. The molecule has 0 saturated heterocycles. The monoisotopic (exact) mass is 224 g/mol. The molecule has 0 fully saturated rings. The Bertz CT molecular complexity index is 206. The fourth-order valence-corrected chi connectivity index (χ4v) is 0.784. The summed E-state index contributed by atoms with van der Waals surface area (Å²) in [6.45, 7) is 0.329. The predicted molar refractivity (Wildman–Crippen MR) is 37.2 cm³/mol. The van der Waals surface area contributed by atoms with E-state index in [0.717, 1.165) is 11.5 Å². The van der Waals surface area contributed by atoms with Gasteiger partial charge in [-0.25, -0.2) is 0 Å². The molecule has 1 aliphatic heterocycles. The van der Waals surface area contributed by atoms with Crippen LogP contribution in [0.25, 0.3) is 0 Å². The van der Waals surface area contributed by atoms with Gasteiger partial charge in [0.2, 0.25) is 6.79 Å². The number of benzene rings is 1. The zero-order chi connectivity index (χ0) is 6.10. The molecule has 54 valence electrons. The smallest absolute Gasteiger partial charge is 1.00 e. The predicted octanol–water partition coefficient (Wildman–Crippen LogP) is -2.16. The molecular weight excluding hydrogens is 220 g/mol. The molecular formula is C7H5BrMgO2. The van der Waals surface area contributed by atoms with Crippen LogP contribution in [-0.2, 0) is 0 Å². The SMILES string of the molecule is [Br-].[Mg+2].[c-]1cccc2c1OCO2. The van der Waals surface area contributed by atoms with E-state index >= 15 is 0 Å². The Morgan fingerprint density at radius 2 is 2.18 bits per heavy atom. The molecule has 2 rings (SSSR count). The molecule has 1 aromatic carbocycles. The van der Waals surface area contributed by atoms with Gasteiger partial charge in [-0.3, -0.25) is 0 Å². The van der Waals surface area contributed by atoms with Crippen LogP contribution in [0.1, 0.15) is 0 Å². The third-order valence-corrected chi connectivity index (χ3v) is 1.20. The maximum atomic E-state index is 5.04. The summed E-state index contributed by atoms with van der Waals surface area (Å²) in [5.41, 5.74) is 0. The van der Waals surface area contributed by atoms with E-state index in [9.17, 15) is 0 Å². The van der Waals surface area contributed by atoms with Crippen LogP contribution in [0.5, 0.6) is 11.5 Å². The molecule has 0 aliphatic carbocycles. The van der Waals surface area contributed by atoms with E-state index in [0.29, 0.717) is 6.79 Å². The first-order chi connectivity index (χ1) is 4.47. The molecule has 1 aliphatic rings. The summed E-state index contributed by atoms with van der Waals surface area (Å²) in [4.78, 5) is 0. The Labute approximate surface area is 91.8 Å². The number of para-hydroxylation sites is 1. The van der Waals surface area contributed by atoms with Crippen LogP contribution in [0.4, 0.5) is 0 Å². The second-order valence-corrected chi connectivity index (χ2v) is 1.77. The fraction of sp³-hybridized carbons (Fsp3) is 0.143. The van der Waals surface area contributed by atoms with Crippen LogP contribution in [0, 0.1) is 6.07 Å². The van der Waals surface area contributed by atoms with Crippen LogP contribution < -0.4 is 26.5 Å². The zero-order valence-corrected chi connectivity index (χ0v) is 8.84. The van der Waals surface area contributed by atoms with Crippen molar-refractivity contribution in [3.63, 3.8) is 0 Å². The molecule has 0 N–H and O–H groups in total. The Balaban J connectivity index is 0.000000500. The maximum Gasteiger partial charge on any atom is 2.00 e. The molecule has 0 unspecified atom stereocenters. The van der Waals surface area contributed by atoms with E-state index in [4.69, 9.17) is 9.47 Å². The molecule has 1 heterocycles. The molecule has 0 radical (unpaired) electrons. The number of rotatable bonds is 0. The van der Waals surface area contributed by atoms with E-state index in [-0.39, 0.29) is 40.0 Å². The minimum atomic E-state index is 0. The minimum Gasteiger partial charge on any atom is -1.00 e. The van der Waals surface area contributed by atoms with Crippen molar-refractivity contribution < 1.29 is 26.5 Å². The Morgan fingerprint density at radius 1 is 1.36 bits per heavy atom. The van der Waals surface area contributed by atoms with Crippen molar-refractivity contribution in [3.05, 3.63) is 24.3 Å². The van der Waals surface area contributed by atoms with Gasteiger partial charge in [0.1, 0.15) is 0 Å². The average Bonchev–Trinajstić information content (AvgIpc) is 2.33. The van der Waals surface area contributed by atoms with Gasteiger partial charge in [-0.1, -0.05) is 0 Å². The number of halogens is 1. The van der Waals surface area contributed by atoms with Crippen LogP contribution in [0.15, 0.2) is 18.2 Å². The van der Waals surface area contributed by atoms with Crippen molar-refractivity contribution in [1.29, 1.82) is 0 Å². The zero-order valence-electron chi connectivity index (χ0n) is 5.84. The summed E-state index contributed by atoms with van der Waals surface area (Å²) in [7, 11) is 0. The van der Waals surface area contributed by atoms with Gasteiger partial charge in [0, 0.05) is 0 Å². The van der Waals surface area contributed by atoms with Crippen molar-refractivity contribution in [2.75, 3.05) is 6.79 Å². The van der Waals surface area contributed by atoms with Gasteiger partial charge < -0.3 is 26.5 Å². The van der Waals surface area contributed by atoms with E-state index < -0.39 is 0 Å². The van der Waals surface area contributed by atoms with Gasteiger partial charge in [0.15, 0.2) is 0 Å². The van der Waals surface area contributed by atoms with Gasteiger partial charge in [-0.15, -0.1) is 12.1 Å². The summed E-state index contributed by atoms with van der Waals surface area (Å²) in [5, 5.41) is 0.